The lowest BCUT2D eigenvalue weighted by Gasteiger charge is -2.10. The third-order valence-electron chi connectivity index (χ3n) is 3.99. The van der Waals surface area contributed by atoms with Gasteiger partial charge in [0.05, 0.1) is 5.56 Å². The van der Waals surface area contributed by atoms with Gasteiger partial charge >= 0.3 is 0 Å². The van der Waals surface area contributed by atoms with E-state index in [1.807, 2.05) is 51.1 Å². The number of hydrogen-bond acceptors (Lipinski definition) is 4. The minimum Gasteiger partial charge on any atom is -0.324 e. The average Bonchev–Trinajstić information content (AvgIpc) is 2.61. The summed E-state index contributed by atoms with van der Waals surface area (Å²) in [5.74, 6) is 0.154. The van der Waals surface area contributed by atoms with Crippen LogP contribution in [0.2, 0.25) is 5.02 Å². The molecule has 0 aliphatic rings. The van der Waals surface area contributed by atoms with Gasteiger partial charge in [0.1, 0.15) is 0 Å². The number of carbonyl (C=O) groups excluding carboxylic acids is 1. The number of hydrogen-bond donors (Lipinski definition) is 2. The standard InChI is InChI=1S/C20H19ClN4O/c1-12-4-7-17(14(3)8-12)24-19(26)15-10-22-20(23-11-15)25-18-9-16(21)6-5-13(18)2/h4-11H,1-3H3,(H,24,26)(H,22,23,25). The van der Waals surface area contributed by atoms with Crippen LogP contribution in [0.3, 0.4) is 0 Å². The molecule has 0 radical (unpaired) electrons. The average molecular weight is 367 g/mol. The Hall–Kier alpha value is -2.92. The fourth-order valence-electron chi connectivity index (χ4n) is 2.51. The van der Waals surface area contributed by atoms with Crippen LogP contribution >= 0.6 is 11.6 Å². The van der Waals surface area contributed by atoms with Crippen molar-refractivity contribution < 1.29 is 4.79 Å². The van der Waals surface area contributed by atoms with E-state index in [1.165, 1.54) is 12.4 Å². The summed E-state index contributed by atoms with van der Waals surface area (Å²) in [6.45, 7) is 5.93. The number of halogens is 1. The Morgan fingerprint density at radius 1 is 0.923 bits per heavy atom. The maximum atomic E-state index is 12.4. The molecule has 26 heavy (non-hydrogen) atoms. The van der Waals surface area contributed by atoms with Gasteiger partial charge in [-0.25, -0.2) is 9.97 Å². The van der Waals surface area contributed by atoms with Crippen LogP contribution in [0, 0.1) is 20.8 Å². The summed E-state index contributed by atoms with van der Waals surface area (Å²) in [5, 5.41) is 6.62. The number of carbonyl (C=O) groups is 1. The molecule has 5 nitrogen and oxygen atoms in total. The Kier molecular flexibility index (Phi) is 5.19. The van der Waals surface area contributed by atoms with E-state index in [-0.39, 0.29) is 5.91 Å². The molecule has 3 rings (SSSR count). The van der Waals surface area contributed by atoms with Crippen LogP contribution < -0.4 is 10.6 Å². The maximum absolute atomic E-state index is 12.4. The molecule has 0 saturated carbocycles. The van der Waals surface area contributed by atoms with E-state index in [9.17, 15) is 4.79 Å². The molecule has 1 heterocycles. The zero-order valence-corrected chi connectivity index (χ0v) is 15.6. The van der Waals surface area contributed by atoms with Crippen LogP contribution in [0.4, 0.5) is 17.3 Å². The molecule has 3 aromatic rings. The molecule has 0 fully saturated rings. The topological polar surface area (TPSA) is 66.9 Å². The van der Waals surface area contributed by atoms with Gasteiger partial charge in [0, 0.05) is 28.8 Å². The van der Waals surface area contributed by atoms with Crippen LogP contribution in [0.15, 0.2) is 48.8 Å². The number of nitrogens with zero attached hydrogens (tertiary/aromatic N) is 2. The molecule has 0 atom stereocenters. The molecular weight excluding hydrogens is 348 g/mol. The lowest BCUT2D eigenvalue weighted by atomic mass is 10.1. The van der Waals surface area contributed by atoms with Crippen molar-refractivity contribution in [3.8, 4) is 0 Å². The van der Waals surface area contributed by atoms with Gasteiger partial charge in [0.2, 0.25) is 5.95 Å². The minimum absolute atomic E-state index is 0.248. The second kappa shape index (κ2) is 7.54. The second-order valence-electron chi connectivity index (χ2n) is 6.15. The van der Waals surface area contributed by atoms with E-state index >= 15 is 0 Å². The Morgan fingerprint density at radius 2 is 1.65 bits per heavy atom. The van der Waals surface area contributed by atoms with Gasteiger partial charge in [-0.2, -0.15) is 0 Å². The quantitative estimate of drug-likeness (QED) is 0.678. The minimum atomic E-state index is -0.248. The second-order valence-corrected chi connectivity index (χ2v) is 6.59. The molecule has 2 aromatic carbocycles. The monoisotopic (exact) mass is 366 g/mol. The SMILES string of the molecule is Cc1ccc(NC(=O)c2cnc(Nc3cc(Cl)ccc3C)nc2)c(C)c1. The first-order valence-electron chi connectivity index (χ1n) is 8.16. The van der Waals surface area contributed by atoms with Gasteiger partial charge < -0.3 is 10.6 Å². The first kappa shape index (κ1) is 17.9. The highest BCUT2D eigenvalue weighted by molar-refractivity contribution is 6.30. The zero-order chi connectivity index (χ0) is 18.7. The van der Waals surface area contributed by atoms with E-state index in [0.717, 1.165) is 28.1 Å². The van der Waals surface area contributed by atoms with E-state index in [2.05, 4.69) is 20.6 Å². The van der Waals surface area contributed by atoms with Crippen molar-refractivity contribution in [2.75, 3.05) is 10.6 Å². The van der Waals surface area contributed by atoms with Crippen molar-refractivity contribution in [2.45, 2.75) is 20.8 Å². The first-order chi connectivity index (χ1) is 12.4. The van der Waals surface area contributed by atoms with Gasteiger partial charge in [-0.05, 0) is 50.1 Å². The zero-order valence-electron chi connectivity index (χ0n) is 14.8. The van der Waals surface area contributed by atoms with E-state index in [1.54, 1.807) is 6.07 Å². The van der Waals surface area contributed by atoms with Gasteiger partial charge in [0.25, 0.3) is 5.91 Å². The largest absolute Gasteiger partial charge is 0.324 e. The van der Waals surface area contributed by atoms with Crippen molar-refractivity contribution in [3.63, 3.8) is 0 Å². The summed E-state index contributed by atoms with van der Waals surface area (Å²) in [4.78, 5) is 20.8. The molecule has 0 saturated heterocycles. The number of nitrogens with one attached hydrogen (secondary N) is 2. The van der Waals surface area contributed by atoms with Crippen molar-refractivity contribution in [1.82, 2.24) is 9.97 Å². The summed E-state index contributed by atoms with van der Waals surface area (Å²) in [5.41, 5.74) is 5.17. The Bertz CT molecular complexity index is 955. The summed E-state index contributed by atoms with van der Waals surface area (Å²) in [6.07, 6.45) is 2.99. The molecule has 1 amide bonds. The highest BCUT2D eigenvalue weighted by atomic mass is 35.5. The Morgan fingerprint density at radius 3 is 2.35 bits per heavy atom. The molecule has 0 bridgehead atoms. The molecule has 0 spiro atoms. The predicted molar refractivity (Wildman–Crippen MR) is 105 cm³/mol. The number of amides is 1. The molecule has 1 aromatic heterocycles. The van der Waals surface area contributed by atoms with E-state index in [0.29, 0.717) is 16.5 Å². The normalized spacial score (nSPS) is 10.5. The number of aryl methyl sites for hydroxylation is 3. The lowest BCUT2D eigenvalue weighted by Crippen LogP contribution is -2.14. The van der Waals surface area contributed by atoms with Crippen LogP contribution in [-0.2, 0) is 0 Å². The van der Waals surface area contributed by atoms with Crippen LogP contribution in [0.5, 0.6) is 0 Å². The Balaban J connectivity index is 1.72. The third-order valence-corrected chi connectivity index (χ3v) is 4.23. The Labute approximate surface area is 157 Å². The van der Waals surface area contributed by atoms with Crippen molar-refractivity contribution in [1.29, 1.82) is 0 Å². The fourth-order valence-corrected chi connectivity index (χ4v) is 2.68. The summed E-state index contributed by atoms with van der Waals surface area (Å²) >= 11 is 6.02. The number of anilines is 3. The molecule has 132 valence electrons. The first-order valence-corrected chi connectivity index (χ1v) is 8.54. The molecular formula is C20H19ClN4O. The maximum Gasteiger partial charge on any atom is 0.258 e. The summed E-state index contributed by atoms with van der Waals surface area (Å²) in [6, 6.07) is 11.4. The van der Waals surface area contributed by atoms with E-state index in [4.69, 9.17) is 11.6 Å². The lowest BCUT2D eigenvalue weighted by molar-refractivity contribution is 0.102. The highest BCUT2D eigenvalue weighted by Gasteiger charge is 2.10. The number of aromatic nitrogens is 2. The predicted octanol–water partition coefficient (Wildman–Crippen LogP) is 5.05. The van der Waals surface area contributed by atoms with Gasteiger partial charge in [-0.15, -0.1) is 0 Å². The van der Waals surface area contributed by atoms with Gasteiger partial charge in [-0.1, -0.05) is 35.4 Å². The summed E-state index contributed by atoms with van der Waals surface area (Å²) < 4.78 is 0. The van der Waals surface area contributed by atoms with Crippen LogP contribution in [0.1, 0.15) is 27.0 Å². The number of benzene rings is 2. The summed E-state index contributed by atoms with van der Waals surface area (Å²) in [7, 11) is 0. The van der Waals surface area contributed by atoms with Gasteiger partial charge in [-0.3, -0.25) is 4.79 Å². The number of rotatable bonds is 4. The molecule has 6 heteroatoms. The molecule has 0 aliphatic carbocycles. The molecule has 0 unspecified atom stereocenters. The van der Waals surface area contributed by atoms with Crippen LogP contribution in [-0.4, -0.2) is 15.9 Å². The molecule has 2 N–H and O–H groups in total. The molecule has 0 aliphatic heterocycles. The van der Waals surface area contributed by atoms with Crippen LogP contribution in [0.25, 0.3) is 0 Å². The fraction of sp³-hybridized carbons (Fsp3) is 0.150. The van der Waals surface area contributed by atoms with Gasteiger partial charge in [0.15, 0.2) is 0 Å². The third kappa shape index (κ3) is 4.18. The van der Waals surface area contributed by atoms with Crippen molar-refractivity contribution in [3.05, 3.63) is 76.1 Å². The van der Waals surface area contributed by atoms with Crippen molar-refractivity contribution in [2.24, 2.45) is 0 Å². The van der Waals surface area contributed by atoms with Crippen molar-refractivity contribution >= 4 is 34.8 Å². The van der Waals surface area contributed by atoms with E-state index < -0.39 is 0 Å². The highest BCUT2D eigenvalue weighted by Crippen LogP contribution is 2.22. The smallest absolute Gasteiger partial charge is 0.258 e.